The van der Waals surface area contributed by atoms with Crippen molar-refractivity contribution in [2.75, 3.05) is 13.1 Å². The van der Waals surface area contributed by atoms with Crippen molar-refractivity contribution in [2.45, 2.75) is 33.7 Å². The molecular formula is C22H29IN6. The fraction of sp³-hybridized carbons (Fsp3) is 0.318. The molecule has 29 heavy (non-hydrogen) atoms. The summed E-state index contributed by atoms with van der Waals surface area (Å²) >= 11 is 0. The van der Waals surface area contributed by atoms with Gasteiger partial charge in [0.2, 0.25) is 0 Å². The third-order valence-electron chi connectivity index (χ3n) is 4.41. The smallest absolute Gasteiger partial charge is 0.191 e. The normalized spacial score (nSPS) is 11.1. The van der Waals surface area contributed by atoms with Crippen LogP contribution in [-0.4, -0.2) is 33.8 Å². The molecule has 0 radical (unpaired) electrons. The first-order valence-corrected chi connectivity index (χ1v) is 9.70. The molecule has 2 heterocycles. The standard InChI is InChI=1S/C22H28N6.HI/c1-4-24-22(25-13-11-19-8-7-12-23-15-19)26-16-20-9-5-6-10-21(20)28-18(3)14-17(2)27-28;/h5-10,12,14-15H,4,11,13,16H2,1-3H3,(H2,24,25,26);1H. The summed E-state index contributed by atoms with van der Waals surface area (Å²) in [6.07, 6.45) is 4.60. The van der Waals surface area contributed by atoms with E-state index in [4.69, 9.17) is 4.99 Å². The minimum Gasteiger partial charge on any atom is -0.357 e. The van der Waals surface area contributed by atoms with Crippen LogP contribution in [0.5, 0.6) is 0 Å². The van der Waals surface area contributed by atoms with E-state index in [2.05, 4.69) is 58.8 Å². The molecule has 0 amide bonds. The molecule has 2 N–H and O–H groups in total. The molecule has 0 aliphatic heterocycles. The predicted octanol–water partition coefficient (Wildman–Crippen LogP) is 3.80. The lowest BCUT2D eigenvalue weighted by molar-refractivity contribution is 0.790. The van der Waals surface area contributed by atoms with Crippen LogP contribution in [0.15, 0.2) is 59.9 Å². The fourth-order valence-electron chi connectivity index (χ4n) is 3.10. The lowest BCUT2D eigenvalue weighted by Crippen LogP contribution is -2.38. The second kappa shape index (κ2) is 11.5. The number of halogens is 1. The molecule has 1 aromatic carbocycles. The molecule has 0 saturated heterocycles. The molecular weight excluding hydrogens is 475 g/mol. The van der Waals surface area contributed by atoms with Crippen molar-refractivity contribution < 1.29 is 0 Å². The lowest BCUT2D eigenvalue weighted by atomic mass is 10.2. The summed E-state index contributed by atoms with van der Waals surface area (Å²) in [6.45, 7) is 8.36. The van der Waals surface area contributed by atoms with Gasteiger partial charge in [-0.3, -0.25) is 4.98 Å². The molecule has 0 spiro atoms. The maximum Gasteiger partial charge on any atom is 0.191 e. The Kier molecular flexibility index (Phi) is 9.11. The quantitative estimate of drug-likeness (QED) is 0.292. The molecule has 0 aliphatic rings. The summed E-state index contributed by atoms with van der Waals surface area (Å²) in [5.74, 6) is 0.814. The van der Waals surface area contributed by atoms with E-state index < -0.39 is 0 Å². The molecule has 7 heteroatoms. The van der Waals surface area contributed by atoms with E-state index in [1.54, 1.807) is 6.20 Å². The Hall–Kier alpha value is -2.42. The van der Waals surface area contributed by atoms with E-state index in [1.807, 2.05) is 36.0 Å². The summed E-state index contributed by atoms with van der Waals surface area (Å²) in [4.78, 5) is 8.94. The van der Waals surface area contributed by atoms with Gasteiger partial charge in [-0.15, -0.1) is 24.0 Å². The van der Waals surface area contributed by atoms with E-state index in [1.165, 1.54) is 5.56 Å². The predicted molar refractivity (Wildman–Crippen MR) is 129 cm³/mol. The van der Waals surface area contributed by atoms with E-state index in [9.17, 15) is 0 Å². The van der Waals surface area contributed by atoms with Crippen LogP contribution >= 0.6 is 24.0 Å². The first kappa shape index (κ1) is 22.9. The van der Waals surface area contributed by atoms with Crippen LogP contribution in [0.3, 0.4) is 0 Å². The third-order valence-corrected chi connectivity index (χ3v) is 4.41. The van der Waals surface area contributed by atoms with Crippen molar-refractivity contribution in [3.05, 3.63) is 77.4 Å². The van der Waals surface area contributed by atoms with Crippen molar-refractivity contribution in [1.29, 1.82) is 0 Å². The van der Waals surface area contributed by atoms with Crippen LogP contribution in [0.25, 0.3) is 5.69 Å². The van der Waals surface area contributed by atoms with E-state index >= 15 is 0 Å². The second-order valence-corrected chi connectivity index (χ2v) is 6.70. The summed E-state index contributed by atoms with van der Waals surface area (Å²) in [7, 11) is 0. The third kappa shape index (κ3) is 6.56. The molecule has 0 atom stereocenters. The molecule has 3 rings (SSSR count). The van der Waals surface area contributed by atoms with Gasteiger partial charge >= 0.3 is 0 Å². The SMILES string of the molecule is CCNC(=NCc1ccccc1-n1nc(C)cc1C)NCCc1cccnc1.I. The number of hydrogen-bond donors (Lipinski definition) is 2. The number of guanidine groups is 1. The first-order valence-electron chi connectivity index (χ1n) is 9.70. The molecule has 0 fully saturated rings. The number of rotatable bonds is 7. The van der Waals surface area contributed by atoms with E-state index in [-0.39, 0.29) is 24.0 Å². The minimum atomic E-state index is 0. The van der Waals surface area contributed by atoms with Gasteiger partial charge in [0.1, 0.15) is 0 Å². The zero-order chi connectivity index (χ0) is 19.8. The van der Waals surface area contributed by atoms with Crippen LogP contribution in [0.2, 0.25) is 0 Å². The Morgan fingerprint density at radius 2 is 1.93 bits per heavy atom. The molecule has 0 saturated carbocycles. The van der Waals surface area contributed by atoms with Crippen molar-refractivity contribution in [3.63, 3.8) is 0 Å². The maximum absolute atomic E-state index is 4.78. The number of aromatic nitrogens is 3. The van der Waals surface area contributed by atoms with Crippen LogP contribution < -0.4 is 10.6 Å². The summed E-state index contributed by atoms with van der Waals surface area (Å²) in [5, 5.41) is 11.3. The average Bonchev–Trinajstić information content (AvgIpc) is 3.05. The molecule has 0 aliphatic carbocycles. The fourth-order valence-corrected chi connectivity index (χ4v) is 3.10. The van der Waals surface area contributed by atoms with E-state index in [0.717, 1.165) is 48.1 Å². The number of pyridine rings is 1. The zero-order valence-electron chi connectivity index (χ0n) is 17.2. The number of para-hydroxylation sites is 1. The number of aryl methyl sites for hydroxylation is 2. The molecule has 6 nitrogen and oxygen atoms in total. The Bertz CT molecular complexity index is 920. The van der Waals surface area contributed by atoms with Crippen LogP contribution in [0.1, 0.15) is 29.4 Å². The van der Waals surface area contributed by atoms with Gasteiger partial charge in [0, 0.05) is 31.2 Å². The topological polar surface area (TPSA) is 67.1 Å². The van der Waals surface area contributed by atoms with Gasteiger partial charge in [-0.25, -0.2) is 9.67 Å². The molecule has 0 bridgehead atoms. The molecule has 154 valence electrons. The summed E-state index contributed by atoms with van der Waals surface area (Å²) < 4.78 is 1.99. The number of hydrogen-bond acceptors (Lipinski definition) is 3. The van der Waals surface area contributed by atoms with Gasteiger partial charge in [-0.1, -0.05) is 24.3 Å². The number of nitrogens with zero attached hydrogens (tertiary/aromatic N) is 4. The number of benzene rings is 1. The van der Waals surface area contributed by atoms with Gasteiger partial charge in [0.05, 0.1) is 17.9 Å². The highest BCUT2D eigenvalue weighted by molar-refractivity contribution is 14.0. The van der Waals surface area contributed by atoms with E-state index in [0.29, 0.717) is 6.54 Å². The lowest BCUT2D eigenvalue weighted by Gasteiger charge is -2.13. The first-order chi connectivity index (χ1) is 13.7. The van der Waals surface area contributed by atoms with Crippen molar-refractivity contribution in [3.8, 4) is 5.69 Å². The van der Waals surface area contributed by atoms with Crippen LogP contribution in [0.4, 0.5) is 0 Å². The van der Waals surface area contributed by atoms with Crippen LogP contribution in [0, 0.1) is 13.8 Å². The van der Waals surface area contributed by atoms with Crippen molar-refractivity contribution in [2.24, 2.45) is 4.99 Å². The van der Waals surface area contributed by atoms with Gasteiger partial charge < -0.3 is 10.6 Å². The Morgan fingerprint density at radius 1 is 1.10 bits per heavy atom. The minimum absolute atomic E-state index is 0. The second-order valence-electron chi connectivity index (χ2n) is 6.70. The summed E-state index contributed by atoms with van der Waals surface area (Å²) in [6, 6.07) is 14.4. The average molecular weight is 504 g/mol. The van der Waals surface area contributed by atoms with Gasteiger partial charge in [-0.2, -0.15) is 5.10 Å². The number of aliphatic imine (C=N–C) groups is 1. The monoisotopic (exact) mass is 504 g/mol. The van der Waals surface area contributed by atoms with Gasteiger partial charge in [0.15, 0.2) is 5.96 Å². The highest BCUT2D eigenvalue weighted by Gasteiger charge is 2.08. The Morgan fingerprint density at radius 3 is 2.62 bits per heavy atom. The Balaban J connectivity index is 0.00000300. The van der Waals surface area contributed by atoms with Gasteiger partial charge in [-0.05, 0) is 56.5 Å². The van der Waals surface area contributed by atoms with Crippen molar-refractivity contribution in [1.82, 2.24) is 25.4 Å². The molecule has 0 unspecified atom stereocenters. The maximum atomic E-state index is 4.78. The highest BCUT2D eigenvalue weighted by atomic mass is 127. The van der Waals surface area contributed by atoms with Crippen molar-refractivity contribution >= 4 is 29.9 Å². The zero-order valence-corrected chi connectivity index (χ0v) is 19.6. The summed E-state index contributed by atoms with van der Waals surface area (Å²) in [5.41, 5.74) is 5.55. The largest absolute Gasteiger partial charge is 0.357 e. The molecule has 2 aromatic heterocycles. The molecule has 3 aromatic rings. The number of nitrogens with one attached hydrogen (secondary N) is 2. The van der Waals surface area contributed by atoms with Crippen LogP contribution in [-0.2, 0) is 13.0 Å². The Labute approximate surface area is 189 Å². The highest BCUT2D eigenvalue weighted by Crippen LogP contribution is 2.17. The van der Waals surface area contributed by atoms with Gasteiger partial charge in [0.25, 0.3) is 0 Å².